The first kappa shape index (κ1) is 22.2. The molecule has 0 aliphatic rings. The fourth-order valence-electron chi connectivity index (χ4n) is 2.72. The number of aromatic nitrogens is 2. The molecule has 2 N–H and O–H groups in total. The number of amides is 1. The first-order chi connectivity index (χ1) is 14.7. The van der Waals surface area contributed by atoms with Crippen molar-refractivity contribution in [3.8, 4) is 5.69 Å². The number of esters is 1. The van der Waals surface area contributed by atoms with Gasteiger partial charge in [-0.05, 0) is 55.0 Å². The molecule has 0 spiro atoms. The summed E-state index contributed by atoms with van der Waals surface area (Å²) in [7, 11) is -3.94. The first-order valence-corrected chi connectivity index (χ1v) is 10.9. The summed E-state index contributed by atoms with van der Waals surface area (Å²) in [5.41, 5.74) is 2.09. The highest BCUT2D eigenvalue weighted by molar-refractivity contribution is 7.89. The summed E-state index contributed by atoms with van der Waals surface area (Å²) in [5, 5.41) is 6.69. The van der Waals surface area contributed by atoms with Gasteiger partial charge in [0.15, 0.2) is 0 Å². The number of anilines is 1. The molecular formula is C21H22N4O5S. The highest BCUT2D eigenvalue weighted by Gasteiger charge is 2.23. The Labute approximate surface area is 180 Å². The Morgan fingerprint density at radius 1 is 1.10 bits per heavy atom. The molecule has 10 heteroatoms. The summed E-state index contributed by atoms with van der Waals surface area (Å²) >= 11 is 0. The molecule has 0 saturated carbocycles. The molecule has 0 saturated heterocycles. The Bertz CT molecular complexity index is 1140. The molecule has 1 heterocycles. The standard InChI is InChI=1S/C21H22N4O5S/c1-15(24-31(28,29)20-10-6-18(7-11-20)23-16(2)26)21(27)30-14-17-4-8-19(9-5-17)25-13-3-12-22-25/h3-13,15,24H,14H2,1-2H3,(H,23,26)/t15-/m0/s1. The summed E-state index contributed by atoms with van der Waals surface area (Å²) in [4.78, 5) is 23.3. The van der Waals surface area contributed by atoms with Crippen LogP contribution < -0.4 is 10.0 Å². The van der Waals surface area contributed by atoms with Crippen LogP contribution in [0.5, 0.6) is 0 Å². The van der Waals surface area contributed by atoms with Gasteiger partial charge in [-0.3, -0.25) is 9.59 Å². The largest absolute Gasteiger partial charge is 0.460 e. The Kier molecular flexibility index (Phi) is 6.83. The van der Waals surface area contributed by atoms with E-state index in [-0.39, 0.29) is 17.4 Å². The summed E-state index contributed by atoms with van der Waals surface area (Å²) in [6.07, 6.45) is 3.49. The molecule has 0 bridgehead atoms. The van der Waals surface area contributed by atoms with Gasteiger partial charge >= 0.3 is 5.97 Å². The molecule has 1 amide bonds. The lowest BCUT2D eigenvalue weighted by molar-refractivity contribution is -0.146. The highest BCUT2D eigenvalue weighted by atomic mass is 32.2. The summed E-state index contributed by atoms with van der Waals surface area (Å²) in [5.74, 6) is -0.962. The van der Waals surface area contributed by atoms with E-state index in [4.69, 9.17) is 4.74 Å². The van der Waals surface area contributed by atoms with Gasteiger partial charge in [-0.1, -0.05) is 12.1 Å². The van der Waals surface area contributed by atoms with Crippen LogP contribution in [0.15, 0.2) is 71.9 Å². The second kappa shape index (κ2) is 9.54. The zero-order valence-corrected chi connectivity index (χ0v) is 17.8. The van der Waals surface area contributed by atoms with Gasteiger partial charge in [-0.15, -0.1) is 0 Å². The maximum atomic E-state index is 12.5. The minimum absolute atomic E-state index is 0.00962. The van der Waals surface area contributed by atoms with Gasteiger partial charge in [0.25, 0.3) is 0 Å². The van der Waals surface area contributed by atoms with E-state index in [1.807, 2.05) is 24.4 Å². The normalized spacial score (nSPS) is 12.2. The summed E-state index contributed by atoms with van der Waals surface area (Å²) in [6.45, 7) is 2.77. The molecular weight excluding hydrogens is 420 g/mol. The minimum Gasteiger partial charge on any atom is -0.460 e. The number of hydrogen-bond acceptors (Lipinski definition) is 6. The van der Waals surface area contributed by atoms with Crippen LogP contribution in [0, 0.1) is 0 Å². The van der Waals surface area contributed by atoms with Crippen molar-refractivity contribution in [2.75, 3.05) is 5.32 Å². The third-order valence-electron chi connectivity index (χ3n) is 4.26. The van der Waals surface area contributed by atoms with E-state index in [0.29, 0.717) is 5.69 Å². The van der Waals surface area contributed by atoms with Gasteiger partial charge in [0.2, 0.25) is 15.9 Å². The van der Waals surface area contributed by atoms with E-state index in [9.17, 15) is 18.0 Å². The van der Waals surface area contributed by atoms with Crippen LogP contribution in [-0.4, -0.2) is 36.1 Å². The van der Waals surface area contributed by atoms with E-state index in [1.54, 1.807) is 23.0 Å². The zero-order chi connectivity index (χ0) is 22.4. The van der Waals surface area contributed by atoms with Crippen LogP contribution in [0.25, 0.3) is 5.69 Å². The Morgan fingerprint density at radius 3 is 2.35 bits per heavy atom. The molecule has 1 atom stereocenters. The lowest BCUT2D eigenvalue weighted by Gasteiger charge is -2.14. The van der Waals surface area contributed by atoms with E-state index in [2.05, 4.69) is 15.1 Å². The van der Waals surface area contributed by atoms with E-state index in [1.165, 1.54) is 38.1 Å². The van der Waals surface area contributed by atoms with Crippen molar-refractivity contribution in [1.29, 1.82) is 0 Å². The molecule has 31 heavy (non-hydrogen) atoms. The van der Waals surface area contributed by atoms with Crippen molar-refractivity contribution < 1.29 is 22.7 Å². The molecule has 1 aromatic heterocycles. The number of carbonyl (C=O) groups excluding carboxylic acids is 2. The van der Waals surface area contributed by atoms with Crippen LogP contribution >= 0.6 is 0 Å². The quantitative estimate of drug-likeness (QED) is 0.517. The maximum Gasteiger partial charge on any atom is 0.324 e. The van der Waals surface area contributed by atoms with Gasteiger partial charge in [0.05, 0.1) is 10.6 Å². The van der Waals surface area contributed by atoms with Crippen LogP contribution in [0.1, 0.15) is 19.4 Å². The van der Waals surface area contributed by atoms with Crippen molar-refractivity contribution in [1.82, 2.24) is 14.5 Å². The second-order valence-electron chi connectivity index (χ2n) is 6.77. The van der Waals surface area contributed by atoms with E-state index < -0.39 is 22.0 Å². The smallest absolute Gasteiger partial charge is 0.324 e. The van der Waals surface area contributed by atoms with Gasteiger partial charge in [0.1, 0.15) is 12.6 Å². The Balaban J connectivity index is 1.55. The average Bonchev–Trinajstić information content (AvgIpc) is 3.27. The van der Waals surface area contributed by atoms with Crippen molar-refractivity contribution in [3.63, 3.8) is 0 Å². The summed E-state index contributed by atoms with van der Waals surface area (Å²) < 4.78 is 34.2. The number of carbonyl (C=O) groups is 2. The number of hydrogen-bond donors (Lipinski definition) is 2. The molecule has 0 aliphatic heterocycles. The van der Waals surface area contributed by atoms with Gasteiger partial charge in [-0.2, -0.15) is 9.82 Å². The van der Waals surface area contributed by atoms with Crippen LogP contribution in [0.2, 0.25) is 0 Å². The Morgan fingerprint density at radius 2 is 1.77 bits per heavy atom. The molecule has 9 nitrogen and oxygen atoms in total. The van der Waals surface area contributed by atoms with E-state index in [0.717, 1.165) is 11.3 Å². The fraction of sp³-hybridized carbons (Fsp3) is 0.190. The van der Waals surface area contributed by atoms with Crippen molar-refractivity contribution >= 4 is 27.6 Å². The first-order valence-electron chi connectivity index (χ1n) is 9.40. The SMILES string of the molecule is CC(=O)Nc1ccc(S(=O)(=O)N[C@@H](C)C(=O)OCc2ccc(-n3cccn3)cc2)cc1. The van der Waals surface area contributed by atoms with Gasteiger partial charge < -0.3 is 10.1 Å². The third-order valence-corrected chi connectivity index (χ3v) is 5.81. The second-order valence-corrected chi connectivity index (χ2v) is 8.49. The van der Waals surface area contributed by atoms with Crippen molar-refractivity contribution in [3.05, 3.63) is 72.6 Å². The predicted octanol–water partition coefficient (Wildman–Crippen LogP) is 2.24. The predicted molar refractivity (Wildman–Crippen MR) is 114 cm³/mol. The van der Waals surface area contributed by atoms with Gasteiger partial charge in [-0.25, -0.2) is 13.1 Å². The highest BCUT2D eigenvalue weighted by Crippen LogP contribution is 2.15. The van der Waals surface area contributed by atoms with Gasteiger partial charge in [0, 0.05) is 25.0 Å². The van der Waals surface area contributed by atoms with Crippen molar-refractivity contribution in [2.45, 2.75) is 31.4 Å². The average molecular weight is 442 g/mol. The molecule has 0 fully saturated rings. The number of nitrogens with one attached hydrogen (secondary N) is 2. The molecule has 0 unspecified atom stereocenters. The van der Waals surface area contributed by atoms with Crippen LogP contribution in [0.4, 0.5) is 5.69 Å². The van der Waals surface area contributed by atoms with Crippen LogP contribution in [-0.2, 0) is 31.0 Å². The number of rotatable bonds is 8. The number of sulfonamides is 1. The lowest BCUT2D eigenvalue weighted by atomic mass is 10.2. The summed E-state index contributed by atoms with van der Waals surface area (Å²) in [6, 6.07) is 13.6. The third kappa shape index (κ3) is 6.00. The monoisotopic (exact) mass is 442 g/mol. The number of nitrogens with zero attached hydrogens (tertiary/aromatic N) is 2. The molecule has 2 aromatic carbocycles. The van der Waals surface area contributed by atoms with E-state index >= 15 is 0 Å². The molecule has 3 rings (SSSR count). The molecule has 0 radical (unpaired) electrons. The maximum absolute atomic E-state index is 12.5. The lowest BCUT2D eigenvalue weighted by Crippen LogP contribution is -2.39. The molecule has 162 valence electrons. The minimum atomic E-state index is -3.94. The fourth-order valence-corrected chi connectivity index (χ4v) is 3.91. The molecule has 3 aromatic rings. The van der Waals surface area contributed by atoms with Crippen molar-refractivity contribution in [2.24, 2.45) is 0 Å². The number of ether oxygens (including phenoxy) is 1. The molecule has 0 aliphatic carbocycles. The topological polar surface area (TPSA) is 119 Å². The van der Waals surface area contributed by atoms with Crippen LogP contribution in [0.3, 0.4) is 0 Å². The zero-order valence-electron chi connectivity index (χ0n) is 17.0. The Hall–Kier alpha value is -3.50. The number of benzene rings is 2.